The Morgan fingerprint density at radius 2 is 2.12 bits per heavy atom. The molecule has 0 bridgehead atoms. The van der Waals surface area contributed by atoms with Crippen molar-refractivity contribution in [1.29, 1.82) is 0 Å². The van der Waals surface area contributed by atoms with E-state index in [1.165, 1.54) is 12.8 Å². The van der Waals surface area contributed by atoms with Crippen LogP contribution < -0.4 is 0 Å². The summed E-state index contributed by atoms with van der Waals surface area (Å²) in [5.41, 5.74) is -0.388. The Bertz CT molecular complexity index is 257. The zero-order chi connectivity index (χ0) is 13.1. The van der Waals surface area contributed by atoms with Crippen LogP contribution in [-0.4, -0.2) is 29.7 Å². The summed E-state index contributed by atoms with van der Waals surface area (Å²) >= 11 is 0. The first kappa shape index (κ1) is 14.3. The van der Waals surface area contributed by atoms with E-state index in [0.717, 1.165) is 19.5 Å². The van der Waals surface area contributed by atoms with E-state index in [0.29, 0.717) is 11.8 Å². The van der Waals surface area contributed by atoms with E-state index in [9.17, 15) is 4.79 Å². The third kappa shape index (κ3) is 4.57. The van der Waals surface area contributed by atoms with Crippen molar-refractivity contribution in [3.05, 3.63) is 0 Å². The zero-order valence-corrected chi connectivity index (χ0v) is 12.0. The number of amides is 1. The normalized spacial score (nSPS) is 23.4. The van der Waals surface area contributed by atoms with Crippen molar-refractivity contribution in [2.45, 2.75) is 59.5 Å². The lowest BCUT2D eigenvalue weighted by Gasteiger charge is -2.36. The van der Waals surface area contributed by atoms with Crippen LogP contribution in [0.15, 0.2) is 0 Å². The second kappa shape index (κ2) is 5.74. The molecule has 3 heteroatoms. The Balaban J connectivity index is 2.52. The van der Waals surface area contributed by atoms with Crippen LogP contribution >= 0.6 is 0 Å². The Morgan fingerprint density at radius 1 is 1.47 bits per heavy atom. The molecule has 1 amide bonds. The van der Waals surface area contributed by atoms with Gasteiger partial charge in [0, 0.05) is 13.1 Å². The summed E-state index contributed by atoms with van der Waals surface area (Å²) in [4.78, 5) is 13.9. The molecular formula is C14H27NO2. The van der Waals surface area contributed by atoms with Gasteiger partial charge in [-0.3, -0.25) is 0 Å². The van der Waals surface area contributed by atoms with Gasteiger partial charge in [0.25, 0.3) is 0 Å². The lowest BCUT2D eigenvalue weighted by Crippen LogP contribution is -2.44. The molecule has 0 aliphatic carbocycles. The van der Waals surface area contributed by atoms with Crippen LogP contribution in [-0.2, 0) is 4.74 Å². The van der Waals surface area contributed by atoms with Crippen molar-refractivity contribution in [2.75, 3.05) is 13.1 Å². The Kier molecular flexibility index (Phi) is 4.84. The largest absolute Gasteiger partial charge is 0.444 e. The first-order valence-electron chi connectivity index (χ1n) is 6.81. The number of hydrogen-bond donors (Lipinski definition) is 0. The summed E-state index contributed by atoms with van der Waals surface area (Å²) in [6.07, 6.45) is 3.39. The second-order valence-corrected chi connectivity index (χ2v) is 6.21. The molecule has 0 spiro atoms. The first-order chi connectivity index (χ1) is 7.83. The number of carbonyl (C=O) groups excluding carboxylic acids is 1. The minimum Gasteiger partial charge on any atom is -0.444 e. The Hall–Kier alpha value is -0.730. The van der Waals surface area contributed by atoms with Gasteiger partial charge in [0.2, 0.25) is 0 Å². The topological polar surface area (TPSA) is 29.5 Å². The van der Waals surface area contributed by atoms with Crippen molar-refractivity contribution in [2.24, 2.45) is 11.8 Å². The SMILES string of the molecule is CCC(C)C1CCCN(C(=O)OC(C)(C)C)C1. The zero-order valence-electron chi connectivity index (χ0n) is 12.0. The lowest BCUT2D eigenvalue weighted by molar-refractivity contribution is 0.0134. The fourth-order valence-corrected chi connectivity index (χ4v) is 2.30. The highest BCUT2D eigenvalue weighted by atomic mass is 16.6. The highest BCUT2D eigenvalue weighted by Crippen LogP contribution is 2.26. The molecule has 0 aromatic carbocycles. The number of likely N-dealkylation sites (tertiary alicyclic amines) is 1. The summed E-state index contributed by atoms with van der Waals surface area (Å²) in [5.74, 6) is 1.33. The first-order valence-corrected chi connectivity index (χ1v) is 6.81. The van der Waals surface area contributed by atoms with Gasteiger partial charge in [0.05, 0.1) is 0 Å². The molecule has 0 radical (unpaired) electrons. The van der Waals surface area contributed by atoms with Gasteiger partial charge >= 0.3 is 6.09 Å². The monoisotopic (exact) mass is 241 g/mol. The second-order valence-electron chi connectivity index (χ2n) is 6.21. The van der Waals surface area contributed by atoms with Crippen molar-refractivity contribution >= 4 is 6.09 Å². The summed E-state index contributed by atoms with van der Waals surface area (Å²) in [5, 5.41) is 0. The third-order valence-electron chi connectivity index (χ3n) is 3.56. The fraction of sp³-hybridized carbons (Fsp3) is 0.929. The predicted octanol–water partition coefficient (Wildman–Crippen LogP) is 3.68. The molecule has 3 nitrogen and oxygen atoms in total. The van der Waals surface area contributed by atoms with Crippen molar-refractivity contribution in [3.8, 4) is 0 Å². The molecule has 0 aromatic heterocycles. The molecule has 1 rings (SSSR count). The average molecular weight is 241 g/mol. The van der Waals surface area contributed by atoms with E-state index >= 15 is 0 Å². The maximum atomic E-state index is 12.0. The number of hydrogen-bond acceptors (Lipinski definition) is 2. The minimum absolute atomic E-state index is 0.148. The van der Waals surface area contributed by atoms with Crippen LogP contribution in [0.1, 0.15) is 53.9 Å². The van der Waals surface area contributed by atoms with Crippen LogP contribution in [0.3, 0.4) is 0 Å². The van der Waals surface area contributed by atoms with E-state index in [2.05, 4.69) is 13.8 Å². The minimum atomic E-state index is -0.388. The summed E-state index contributed by atoms with van der Waals surface area (Å²) < 4.78 is 5.43. The van der Waals surface area contributed by atoms with Gasteiger partial charge in [-0.1, -0.05) is 20.3 Å². The van der Waals surface area contributed by atoms with Crippen LogP contribution in [0.25, 0.3) is 0 Å². The van der Waals surface area contributed by atoms with Gasteiger partial charge in [0.15, 0.2) is 0 Å². The molecule has 1 aliphatic rings. The molecule has 0 N–H and O–H groups in total. The highest BCUT2D eigenvalue weighted by Gasteiger charge is 2.29. The van der Waals surface area contributed by atoms with Crippen molar-refractivity contribution in [3.63, 3.8) is 0 Å². The molecular weight excluding hydrogens is 214 g/mol. The van der Waals surface area contributed by atoms with Crippen LogP contribution in [0.5, 0.6) is 0 Å². The average Bonchev–Trinajstić information content (AvgIpc) is 2.26. The van der Waals surface area contributed by atoms with E-state index < -0.39 is 0 Å². The molecule has 1 aliphatic heterocycles. The fourth-order valence-electron chi connectivity index (χ4n) is 2.30. The van der Waals surface area contributed by atoms with Crippen LogP contribution in [0.4, 0.5) is 4.79 Å². The maximum absolute atomic E-state index is 12.0. The van der Waals surface area contributed by atoms with Crippen molar-refractivity contribution < 1.29 is 9.53 Å². The molecule has 2 unspecified atom stereocenters. The summed E-state index contributed by atoms with van der Waals surface area (Å²) in [7, 11) is 0. The number of nitrogens with zero attached hydrogens (tertiary/aromatic N) is 1. The quantitative estimate of drug-likeness (QED) is 0.738. The number of rotatable bonds is 2. The van der Waals surface area contributed by atoms with Crippen molar-refractivity contribution in [1.82, 2.24) is 4.90 Å². The molecule has 100 valence electrons. The predicted molar refractivity (Wildman–Crippen MR) is 70.0 cm³/mol. The van der Waals surface area contributed by atoms with E-state index in [1.54, 1.807) is 0 Å². The number of piperidine rings is 1. The molecule has 2 atom stereocenters. The molecule has 1 saturated heterocycles. The molecule has 0 saturated carbocycles. The Labute approximate surface area is 106 Å². The molecule has 17 heavy (non-hydrogen) atoms. The van der Waals surface area contributed by atoms with E-state index in [-0.39, 0.29) is 11.7 Å². The van der Waals surface area contributed by atoms with Crippen LogP contribution in [0.2, 0.25) is 0 Å². The number of carbonyl (C=O) groups is 1. The standard InChI is InChI=1S/C14H27NO2/c1-6-11(2)12-8-7-9-15(10-12)13(16)17-14(3,4)5/h11-12H,6-10H2,1-5H3. The van der Waals surface area contributed by atoms with Gasteiger partial charge in [-0.05, 0) is 45.4 Å². The summed E-state index contributed by atoms with van der Waals surface area (Å²) in [6.45, 7) is 12.0. The van der Waals surface area contributed by atoms with E-state index in [4.69, 9.17) is 4.74 Å². The van der Waals surface area contributed by atoms with Gasteiger partial charge in [-0.25, -0.2) is 4.79 Å². The van der Waals surface area contributed by atoms with Gasteiger partial charge in [-0.2, -0.15) is 0 Å². The highest BCUT2D eigenvalue weighted by molar-refractivity contribution is 5.68. The third-order valence-corrected chi connectivity index (χ3v) is 3.56. The van der Waals surface area contributed by atoms with Crippen LogP contribution in [0, 0.1) is 11.8 Å². The Morgan fingerprint density at radius 3 is 2.65 bits per heavy atom. The lowest BCUT2D eigenvalue weighted by atomic mass is 9.85. The smallest absolute Gasteiger partial charge is 0.410 e. The van der Waals surface area contributed by atoms with E-state index in [1.807, 2.05) is 25.7 Å². The van der Waals surface area contributed by atoms with Gasteiger partial charge < -0.3 is 9.64 Å². The molecule has 1 heterocycles. The van der Waals surface area contributed by atoms with Gasteiger partial charge in [0.1, 0.15) is 5.60 Å². The molecule has 0 aromatic rings. The molecule has 1 fully saturated rings. The number of ether oxygens (including phenoxy) is 1. The maximum Gasteiger partial charge on any atom is 0.410 e. The summed E-state index contributed by atoms with van der Waals surface area (Å²) in [6, 6.07) is 0. The van der Waals surface area contributed by atoms with Gasteiger partial charge in [-0.15, -0.1) is 0 Å².